The van der Waals surface area contributed by atoms with Gasteiger partial charge >= 0.3 is 0 Å². The van der Waals surface area contributed by atoms with Gasteiger partial charge in [0.15, 0.2) is 5.84 Å². The molecule has 8 heteroatoms. The van der Waals surface area contributed by atoms with Gasteiger partial charge in [-0.05, 0) is 80.8 Å². The minimum absolute atomic E-state index is 0.0739. The molecule has 0 bridgehead atoms. The predicted octanol–water partition coefficient (Wildman–Crippen LogP) is 6.65. The summed E-state index contributed by atoms with van der Waals surface area (Å²) in [7, 11) is 0. The lowest BCUT2D eigenvalue weighted by Crippen LogP contribution is -2.35. The van der Waals surface area contributed by atoms with Crippen LogP contribution in [0.1, 0.15) is 61.5 Å². The molecule has 0 fully saturated rings. The van der Waals surface area contributed by atoms with Gasteiger partial charge in [0.1, 0.15) is 5.04 Å². The summed E-state index contributed by atoms with van der Waals surface area (Å²) in [5.41, 5.74) is 5.10. The smallest absolute Gasteiger partial charge is 0.283 e. The van der Waals surface area contributed by atoms with E-state index in [2.05, 4.69) is 21.6 Å². The molecule has 0 saturated carbocycles. The highest BCUT2D eigenvalue weighted by Crippen LogP contribution is 2.32. The molecule has 172 valence electrons. The van der Waals surface area contributed by atoms with Gasteiger partial charge in [-0.2, -0.15) is 15.1 Å². The molecule has 0 unspecified atom stereocenters. The van der Waals surface area contributed by atoms with Crippen LogP contribution in [0.2, 0.25) is 5.02 Å². The maximum Gasteiger partial charge on any atom is 0.283 e. The Hall–Kier alpha value is -2.64. The summed E-state index contributed by atoms with van der Waals surface area (Å²) >= 11 is 7.75. The quantitative estimate of drug-likeness (QED) is 0.355. The van der Waals surface area contributed by atoms with Gasteiger partial charge in [-0.25, -0.2) is 0 Å². The Bertz CT molecular complexity index is 1220. The number of hydrogen-bond acceptors (Lipinski definition) is 4. The maximum atomic E-state index is 12.8. The Kier molecular flexibility index (Phi) is 6.91. The van der Waals surface area contributed by atoms with E-state index in [-0.39, 0.29) is 11.4 Å². The van der Waals surface area contributed by atoms with Gasteiger partial charge < -0.3 is 4.57 Å². The first-order valence-corrected chi connectivity index (χ1v) is 12.4. The number of aromatic nitrogens is 1. The molecular formula is C25H28ClN5OS. The highest BCUT2D eigenvalue weighted by molar-refractivity contribution is 8.26. The van der Waals surface area contributed by atoms with Crippen LogP contribution >= 0.6 is 23.4 Å². The Morgan fingerprint density at radius 1 is 1.18 bits per heavy atom. The van der Waals surface area contributed by atoms with Crippen molar-refractivity contribution in [3.05, 3.63) is 57.4 Å². The summed E-state index contributed by atoms with van der Waals surface area (Å²) in [6.45, 7) is 8.20. The van der Waals surface area contributed by atoms with Gasteiger partial charge in [-0.15, -0.1) is 0 Å². The van der Waals surface area contributed by atoms with Crippen molar-refractivity contribution >= 4 is 51.4 Å². The number of aryl methyl sites for hydroxylation is 1. The summed E-state index contributed by atoms with van der Waals surface area (Å²) in [6, 6.07) is 7.85. The molecule has 2 aliphatic rings. The third-order valence-electron chi connectivity index (χ3n) is 5.99. The van der Waals surface area contributed by atoms with Gasteiger partial charge in [0, 0.05) is 22.1 Å². The van der Waals surface area contributed by atoms with Crippen LogP contribution in [-0.4, -0.2) is 31.5 Å². The first-order valence-electron chi connectivity index (χ1n) is 11.2. The van der Waals surface area contributed by atoms with Crippen molar-refractivity contribution in [2.75, 3.05) is 0 Å². The zero-order chi connectivity index (χ0) is 23.7. The van der Waals surface area contributed by atoms with Crippen molar-refractivity contribution in [2.45, 2.75) is 59.8 Å². The van der Waals surface area contributed by atoms with E-state index in [1.54, 1.807) is 6.08 Å². The fourth-order valence-corrected chi connectivity index (χ4v) is 5.23. The Balaban J connectivity index is 1.63. The van der Waals surface area contributed by atoms with Crippen LogP contribution < -0.4 is 0 Å². The maximum absolute atomic E-state index is 12.8. The van der Waals surface area contributed by atoms with Crippen LogP contribution in [0.25, 0.3) is 11.8 Å². The summed E-state index contributed by atoms with van der Waals surface area (Å²) in [5, 5.41) is 16.8. The lowest BCUT2D eigenvalue weighted by Gasteiger charge is -2.20. The molecule has 0 saturated heterocycles. The molecule has 6 nitrogen and oxygen atoms in total. The molecule has 0 aliphatic carbocycles. The Morgan fingerprint density at radius 2 is 1.97 bits per heavy atom. The average Bonchev–Trinajstić information content (AvgIpc) is 3.31. The van der Waals surface area contributed by atoms with Crippen molar-refractivity contribution in [3.8, 4) is 5.69 Å². The standard InChI is InChI=1S/C25H28ClN5OS/c1-5-6-7-8-12-22-29-31-23(27)19(24(32)28-25(31)33-22)14-18-13-15(2)30(17(18)4)21-11-9-10-20(26)16(21)3/h9-11,13-14,27H,5-8,12H2,1-4H3. The number of hydrogen-bond donors (Lipinski definition) is 1. The van der Waals surface area contributed by atoms with Crippen molar-refractivity contribution in [3.63, 3.8) is 0 Å². The molecule has 0 spiro atoms. The predicted molar refractivity (Wildman–Crippen MR) is 139 cm³/mol. The number of amidine groups is 2. The molecule has 1 amide bonds. The number of unbranched alkanes of at least 4 members (excludes halogenated alkanes) is 3. The zero-order valence-electron chi connectivity index (χ0n) is 19.4. The number of carbonyl (C=O) groups excluding carboxylic acids is 1. The second-order valence-corrected chi connectivity index (χ2v) is 9.82. The van der Waals surface area contributed by atoms with Crippen molar-refractivity contribution in [1.29, 1.82) is 5.41 Å². The Labute approximate surface area is 203 Å². The fourth-order valence-electron chi connectivity index (χ4n) is 4.13. The monoisotopic (exact) mass is 481 g/mol. The molecule has 33 heavy (non-hydrogen) atoms. The SMILES string of the molecule is CCCCCCC1=NN2C(=N)C(=Cc3cc(C)n(-c4cccc(Cl)c4C)c3C)C(=O)N=C2S1. The number of thioether (sulfide) groups is 1. The minimum atomic E-state index is -0.398. The molecule has 0 radical (unpaired) electrons. The molecule has 1 N–H and O–H groups in total. The van der Waals surface area contributed by atoms with Gasteiger partial charge in [0.05, 0.1) is 5.57 Å². The number of hydrazone groups is 1. The second-order valence-electron chi connectivity index (χ2n) is 8.37. The van der Waals surface area contributed by atoms with Crippen LogP contribution in [0, 0.1) is 26.2 Å². The highest BCUT2D eigenvalue weighted by atomic mass is 35.5. The van der Waals surface area contributed by atoms with Gasteiger partial charge in [0.25, 0.3) is 5.91 Å². The number of benzene rings is 1. The van der Waals surface area contributed by atoms with E-state index < -0.39 is 5.91 Å². The number of rotatable bonds is 7. The van der Waals surface area contributed by atoms with Crippen LogP contribution in [0.4, 0.5) is 0 Å². The van der Waals surface area contributed by atoms with Crippen LogP contribution in [0.5, 0.6) is 0 Å². The number of nitrogens with zero attached hydrogens (tertiary/aromatic N) is 4. The summed E-state index contributed by atoms with van der Waals surface area (Å²) in [6.07, 6.45) is 7.20. The van der Waals surface area contributed by atoms with E-state index in [0.717, 1.165) is 52.5 Å². The van der Waals surface area contributed by atoms with Crippen molar-refractivity contribution in [2.24, 2.45) is 10.1 Å². The number of halogens is 1. The Morgan fingerprint density at radius 3 is 2.73 bits per heavy atom. The first-order chi connectivity index (χ1) is 15.8. The van der Waals surface area contributed by atoms with E-state index in [1.165, 1.54) is 29.6 Å². The van der Waals surface area contributed by atoms with Crippen LogP contribution in [0.15, 0.2) is 39.9 Å². The van der Waals surface area contributed by atoms with Gasteiger partial charge in [-0.3, -0.25) is 10.2 Å². The number of aliphatic imine (C=N–C) groups is 1. The van der Waals surface area contributed by atoms with E-state index in [0.29, 0.717) is 10.2 Å². The average molecular weight is 482 g/mol. The number of carbonyl (C=O) groups is 1. The number of nitrogens with one attached hydrogen (secondary N) is 1. The van der Waals surface area contributed by atoms with Gasteiger partial charge in [0.2, 0.25) is 5.17 Å². The lowest BCUT2D eigenvalue weighted by atomic mass is 10.1. The third-order valence-corrected chi connectivity index (χ3v) is 7.37. The molecule has 4 rings (SSSR count). The lowest BCUT2D eigenvalue weighted by molar-refractivity contribution is -0.114. The van der Waals surface area contributed by atoms with Crippen molar-refractivity contribution in [1.82, 2.24) is 9.58 Å². The normalized spacial score (nSPS) is 17.0. The third kappa shape index (κ3) is 4.57. The number of amides is 1. The van der Waals surface area contributed by atoms with Crippen LogP contribution in [-0.2, 0) is 4.79 Å². The van der Waals surface area contributed by atoms with Crippen molar-refractivity contribution < 1.29 is 4.79 Å². The molecule has 1 aromatic heterocycles. The van der Waals surface area contributed by atoms with E-state index in [9.17, 15) is 4.79 Å². The zero-order valence-corrected chi connectivity index (χ0v) is 21.0. The summed E-state index contributed by atoms with van der Waals surface area (Å²) in [4.78, 5) is 17.0. The molecule has 3 heterocycles. The molecule has 1 aromatic carbocycles. The molecule has 0 atom stereocenters. The molecular weight excluding hydrogens is 454 g/mol. The molecule has 2 aromatic rings. The number of fused-ring (bicyclic) bond motifs is 1. The largest absolute Gasteiger partial charge is 0.318 e. The molecule has 2 aliphatic heterocycles. The summed E-state index contributed by atoms with van der Waals surface area (Å²) < 4.78 is 2.12. The van der Waals surface area contributed by atoms with E-state index in [1.807, 2.05) is 45.0 Å². The van der Waals surface area contributed by atoms with Gasteiger partial charge in [-0.1, -0.05) is 43.9 Å². The fraction of sp³-hybridized carbons (Fsp3) is 0.360. The van der Waals surface area contributed by atoms with E-state index >= 15 is 0 Å². The highest BCUT2D eigenvalue weighted by Gasteiger charge is 2.35. The van der Waals surface area contributed by atoms with Crippen LogP contribution in [0.3, 0.4) is 0 Å². The second kappa shape index (κ2) is 9.69. The topological polar surface area (TPSA) is 73.8 Å². The summed E-state index contributed by atoms with van der Waals surface area (Å²) in [5.74, 6) is -0.324. The first kappa shape index (κ1) is 23.5. The van der Waals surface area contributed by atoms with E-state index in [4.69, 9.17) is 17.0 Å². The minimum Gasteiger partial charge on any atom is -0.318 e.